The predicted molar refractivity (Wildman–Crippen MR) is 117 cm³/mol. The van der Waals surface area contributed by atoms with Gasteiger partial charge in [-0.15, -0.1) is 0 Å². The van der Waals surface area contributed by atoms with E-state index in [1.54, 1.807) is 18.7 Å². The Labute approximate surface area is 195 Å². The van der Waals surface area contributed by atoms with Crippen molar-refractivity contribution >= 4 is 28.8 Å². The third-order valence-electron chi connectivity index (χ3n) is 5.91. The quantitative estimate of drug-likeness (QED) is 0.446. The van der Waals surface area contributed by atoms with Gasteiger partial charge in [0.25, 0.3) is 11.8 Å². The smallest absolute Gasteiger partial charge is 0.318 e. The molecule has 14 heteroatoms. The maximum absolute atomic E-state index is 13.6. The first-order chi connectivity index (χ1) is 16.5. The van der Waals surface area contributed by atoms with Gasteiger partial charge in [-0.1, -0.05) is 0 Å². The number of aryl methyl sites for hydroxylation is 2. The lowest BCUT2D eigenvalue weighted by Gasteiger charge is -2.11. The molecule has 0 aliphatic heterocycles. The highest BCUT2D eigenvalue weighted by atomic mass is 19.4. The van der Waals surface area contributed by atoms with Crippen molar-refractivity contribution in [3.8, 4) is 0 Å². The number of rotatable bonds is 5. The summed E-state index contributed by atoms with van der Waals surface area (Å²) in [6.07, 6.45) is 0.588. The van der Waals surface area contributed by atoms with Crippen molar-refractivity contribution in [2.24, 2.45) is 14.1 Å². The SMILES string of the molecule is Cc1c(NC(=O)c2c(NC(=O)c3cnn4c(C(F)(F)F)cc(C5CC5)nc34)cnn2C)cnn1C. The molecule has 5 rings (SSSR count). The number of fused-ring (bicyclic) bond motifs is 1. The Morgan fingerprint density at radius 2 is 1.63 bits per heavy atom. The van der Waals surface area contributed by atoms with Gasteiger partial charge in [-0.05, 0) is 25.8 Å². The summed E-state index contributed by atoms with van der Waals surface area (Å²) in [5.41, 5.74) is 0.220. The molecular formula is C21H20F3N9O2. The monoisotopic (exact) mass is 487 g/mol. The fourth-order valence-corrected chi connectivity index (χ4v) is 3.72. The lowest BCUT2D eigenvalue weighted by molar-refractivity contribution is -0.142. The predicted octanol–water partition coefficient (Wildman–Crippen LogP) is 2.91. The number of anilines is 2. The molecule has 4 aromatic heterocycles. The minimum Gasteiger partial charge on any atom is -0.318 e. The van der Waals surface area contributed by atoms with Crippen molar-refractivity contribution in [2.45, 2.75) is 31.9 Å². The zero-order valence-corrected chi connectivity index (χ0v) is 18.9. The number of aromatic nitrogens is 7. The summed E-state index contributed by atoms with van der Waals surface area (Å²) < 4.78 is 44.4. The molecule has 2 N–H and O–H groups in total. The van der Waals surface area contributed by atoms with Gasteiger partial charge in [0.15, 0.2) is 5.65 Å². The largest absolute Gasteiger partial charge is 0.433 e. The highest BCUT2D eigenvalue weighted by Crippen LogP contribution is 2.41. The van der Waals surface area contributed by atoms with Gasteiger partial charge in [0, 0.05) is 25.7 Å². The number of carbonyl (C=O) groups excluding carboxylic acids is 2. The third kappa shape index (κ3) is 4.00. The molecule has 35 heavy (non-hydrogen) atoms. The summed E-state index contributed by atoms with van der Waals surface area (Å²) in [7, 11) is 3.25. The van der Waals surface area contributed by atoms with Gasteiger partial charge in [0.05, 0.1) is 35.7 Å². The number of carbonyl (C=O) groups is 2. The van der Waals surface area contributed by atoms with Crippen LogP contribution in [0.2, 0.25) is 0 Å². The van der Waals surface area contributed by atoms with Crippen LogP contribution in [0.3, 0.4) is 0 Å². The van der Waals surface area contributed by atoms with Crippen LogP contribution in [0.25, 0.3) is 5.65 Å². The van der Waals surface area contributed by atoms with Gasteiger partial charge in [0.1, 0.15) is 17.0 Å². The van der Waals surface area contributed by atoms with E-state index in [2.05, 4.69) is 30.9 Å². The van der Waals surface area contributed by atoms with Crippen molar-refractivity contribution in [3.05, 3.63) is 53.0 Å². The molecular weight excluding hydrogens is 467 g/mol. The Balaban J connectivity index is 1.47. The van der Waals surface area contributed by atoms with Crippen molar-refractivity contribution < 1.29 is 22.8 Å². The van der Waals surface area contributed by atoms with Crippen LogP contribution >= 0.6 is 0 Å². The molecule has 0 atom stereocenters. The highest BCUT2D eigenvalue weighted by molar-refractivity contribution is 6.13. The minimum absolute atomic E-state index is 0.0423. The molecule has 0 unspecified atom stereocenters. The van der Waals surface area contributed by atoms with Crippen LogP contribution in [-0.2, 0) is 20.3 Å². The Kier molecular flexibility index (Phi) is 5.11. The molecule has 0 radical (unpaired) electrons. The van der Waals surface area contributed by atoms with E-state index in [0.717, 1.165) is 30.8 Å². The van der Waals surface area contributed by atoms with Crippen molar-refractivity contribution in [2.75, 3.05) is 10.6 Å². The Hall–Kier alpha value is -4.23. The maximum atomic E-state index is 13.6. The first kappa shape index (κ1) is 22.6. The number of amides is 2. The summed E-state index contributed by atoms with van der Waals surface area (Å²) in [5, 5.41) is 17.1. The number of alkyl halides is 3. The molecule has 1 fully saturated rings. The van der Waals surface area contributed by atoms with Crippen molar-refractivity contribution in [1.82, 2.24) is 34.2 Å². The van der Waals surface area contributed by atoms with Gasteiger partial charge in [-0.3, -0.25) is 19.0 Å². The average Bonchev–Trinajstić information content (AvgIpc) is 3.36. The number of halogens is 3. The van der Waals surface area contributed by atoms with Crippen LogP contribution in [0.1, 0.15) is 56.7 Å². The Bertz CT molecular complexity index is 1480. The van der Waals surface area contributed by atoms with Crippen LogP contribution in [-0.4, -0.2) is 46.0 Å². The summed E-state index contributed by atoms with van der Waals surface area (Å²) in [6.45, 7) is 1.78. The van der Waals surface area contributed by atoms with Crippen LogP contribution in [0, 0.1) is 6.92 Å². The van der Waals surface area contributed by atoms with E-state index in [4.69, 9.17) is 0 Å². The van der Waals surface area contributed by atoms with E-state index in [0.29, 0.717) is 10.2 Å². The molecule has 11 nitrogen and oxygen atoms in total. The van der Waals surface area contributed by atoms with Gasteiger partial charge in [-0.25, -0.2) is 9.50 Å². The van der Waals surface area contributed by atoms with E-state index in [1.807, 2.05) is 0 Å². The second-order valence-corrected chi connectivity index (χ2v) is 8.34. The Morgan fingerprint density at radius 3 is 2.26 bits per heavy atom. The molecule has 1 aliphatic rings. The summed E-state index contributed by atoms with van der Waals surface area (Å²) in [4.78, 5) is 30.3. The van der Waals surface area contributed by atoms with E-state index in [-0.39, 0.29) is 34.2 Å². The average molecular weight is 487 g/mol. The molecule has 0 bridgehead atoms. The van der Waals surface area contributed by atoms with Gasteiger partial charge in [-0.2, -0.15) is 28.5 Å². The molecule has 0 saturated heterocycles. The standard InChI is InChI=1S/C21H20F3N9O2/c1-10-14(8-25-31(10)2)29-20(35)17-15(9-26-32(17)3)30-19(34)12-7-27-33-16(21(22,23)24)6-13(11-4-5-11)28-18(12)33/h6-9,11H,4-5H2,1-3H3,(H,29,35)(H,30,34). The second-order valence-electron chi connectivity index (χ2n) is 8.34. The zero-order valence-electron chi connectivity index (χ0n) is 18.9. The fourth-order valence-electron chi connectivity index (χ4n) is 3.72. The molecule has 2 amide bonds. The lowest BCUT2D eigenvalue weighted by atomic mass is 10.2. The summed E-state index contributed by atoms with van der Waals surface area (Å²) >= 11 is 0. The molecule has 1 aliphatic carbocycles. The maximum Gasteiger partial charge on any atom is 0.433 e. The van der Waals surface area contributed by atoms with E-state index in [1.165, 1.54) is 24.1 Å². The second kappa shape index (κ2) is 7.92. The third-order valence-corrected chi connectivity index (χ3v) is 5.91. The number of nitrogens with zero attached hydrogens (tertiary/aromatic N) is 7. The first-order valence-corrected chi connectivity index (χ1v) is 10.6. The molecule has 4 aromatic rings. The minimum atomic E-state index is -4.68. The summed E-state index contributed by atoms with van der Waals surface area (Å²) in [6, 6.07) is 0.976. The van der Waals surface area contributed by atoms with Crippen LogP contribution < -0.4 is 10.6 Å². The van der Waals surface area contributed by atoms with Crippen molar-refractivity contribution in [3.63, 3.8) is 0 Å². The molecule has 1 saturated carbocycles. The zero-order chi connectivity index (χ0) is 25.1. The molecule has 0 spiro atoms. The van der Waals surface area contributed by atoms with Crippen LogP contribution in [0.4, 0.5) is 24.5 Å². The highest BCUT2D eigenvalue weighted by Gasteiger charge is 2.38. The molecule has 182 valence electrons. The van der Waals surface area contributed by atoms with E-state index < -0.39 is 23.7 Å². The lowest BCUT2D eigenvalue weighted by Crippen LogP contribution is -2.20. The topological polar surface area (TPSA) is 124 Å². The number of hydrogen-bond donors (Lipinski definition) is 2. The van der Waals surface area contributed by atoms with Gasteiger partial charge in [0.2, 0.25) is 0 Å². The van der Waals surface area contributed by atoms with Crippen LogP contribution in [0.15, 0.2) is 24.7 Å². The van der Waals surface area contributed by atoms with Gasteiger partial charge >= 0.3 is 6.18 Å². The number of hydrogen-bond acceptors (Lipinski definition) is 6. The van der Waals surface area contributed by atoms with E-state index in [9.17, 15) is 22.8 Å². The summed E-state index contributed by atoms with van der Waals surface area (Å²) in [5.74, 6) is -1.39. The Morgan fingerprint density at radius 1 is 0.971 bits per heavy atom. The first-order valence-electron chi connectivity index (χ1n) is 10.6. The fraction of sp³-hybridized carbons (Fsp3) is 0.333. The number of nitrogens with one attached hydrogen (secondary N) is 2. The molecule has 4 heterocycles. The van der Waals surface area contributed by atoms with Crippen molar-refractivity contribution in [1.29, 1.82) is 0 Å². The molecule has 0 aromatic carbocycles. The van der Waals surface area contributed by atoms with Crippen LogP contribution in [0.5, 0.6) is 0 Å². The normalized spacial score (nSPS) is 13.9. The van der Waals surface area contributed by atoms with Gasteiger partial charge < -0.3 is 10.6 Å². The van der Waals surface area contributed by atoms with E-state index >= 15 is 0 Å².